The minimum absolute atomic E-state index is 0.0461. The maximum atomic E-state index is 14.6. The van der Waals surface area contributed by atoms with Gasteiger partial charge in [-0.3, -0.25) is 14.9 Å². The van der Waals surface area contributed by atoms with Crippen LogP contribution in [0.5, 0.6) is 0 Å². The Morgan fingerprint density at radius 2 is 2.07 bits per heavy atom. The molecular weight excluding hydrogens is 422 g/mol. The summed E-state index contributed by atoms with van der Waals surface area (Å²) < 4.78 is 29.0. The van der Waals surface area contributed by atoms with Gasteiger partial charge in [0.2, 0.25) is 11.9 Å². The number of fused-ring (bicyclic) bond motifs is 2. The first-order valence-corrected chi connectivity index (χ1v) is 9.11. The van der Waals surface area contributed by atoms with Gasteiger partial charge in [-0.2, -0.15) is 0 Å². The summed E-state index contributed by atoms with van der Waals surface area (Å²) in [5.41, 5.74) is -0.0411. The number of nitrogens with one attached hydrogen (secondary N) is 1. The molecule has 2 atom stereocenters. The Morgan fingerprint density at radius 3 is 2.70 bits per heavy atom. The van der Waals surface area contributed by atoms with Crippen LogP contribution >= 0.6 is 15.9 Å². The lowest BCUT2D eigenvalue weighted by molar-refractivity contribution is -0.117. The molecule has 2 aliphatic rings. The van der Waals surface area contributed by atoms with E-state index in [4.69, 9.17) is 0 Å². The summed E-state index contributed by atoms with van der Waals surface area (Å²) in [5, 5.41) is 2.51. The van der Waals surface area contributed by atoms with Gasteiger partial charge >= 0.3 is 0 Å². The van der Waals surface area contributed by atoms with Crippen molar-refractivity contribution in [1.82, 2.24) is 14.9 Å². The predicted molar refractivity (Wildman–Crippen MR) is 96.6 cm³/mol. The fraction of sp³-hybridized carbons (Fsp3) is 0.333. The van der Waals surface area contributed by atoms with E-state index in [-0.39, 0.29) is 41.1 Å². The molecule has 1 saturated carbocycles. The first-order chi connectivity index (χ1) is 12.8. The van der Waals surface area contributed by atoms with E-state index < -0.39 is 29.2 Å². The number of hydrogen-bond donors (Lipinski definition) is 1. The number of nitrogens with zero attached hydrogens (tertiary/aromatic N) is 3. The number of alkyl halides is 1. The molecule has 27 heavy (non-hydrogen) atoms. The van der Waals surface area contributed by atoms with Crippen molar-refractivity contribution in [2.75, 3.05) is 18.4 Å². The zero-order valence-corrected chi connectivity index (χ0v) is 15.9. The zero-order chi connectivity index (χ0) is 19.3. The zero-order valence-electron chi connectivity index (χ0n) is 14.3. The molecule has 1 aliphatic heterocycles. The fourth-order valence-electron chi connectivity index (χ4n) is 3.48. The third kappa shape index (κ3) is 2.99. The SMILES string of the molecule is Cc1cnc(NC(=O)CN2CC3(C[C@@H]3F)c3c(ccc(Br)c3F)C2=O)nc1. The van der Waals surface area contributed by atoms with Gasteiger partial charge in [-0.1, -0.05) is 0 Å². The van der Waals surface area contributed by atoms with Gasteiger partial charge in [-0.15, -0.1) is 0 Å². The van der Waals surface area contributed by atoms with Crippen molar-refractivity contribution in [3.05, 3.63) is 51.5 Å². The highest BCUT2D eigenvalue weighted by Crippen LogP contribution is 2.55. The van der Waals surface area contributed by atoms with Crippen LogP contribution in [0.4, 0.5) is 14.7 Å². The first-order valence-electron chi connectivity index (χ1n) is 8.32. The van der Waals surface area contributed by atoms with Crippen molar-refractivity contribution >= 4 is 33.7 Å². The standard InChI is InChI=1S/C18H15BrF2N4O2/c1-9-5-22-17(23-6-9)24-13(26)7-25-8-18(4-12(18)20)14-10(16(25)27)2-3-11(19)15(14)21/h2-3,5-6,12H,4,7-8H2,1H3,(H,22,23,24,26)/t12-,18?/m0/s1. The van der Waals surface area contributed by atoms with Gasteiger partial charge < -0.3 is 4.90 Å². The van der Waals surface area contributed by atoms with E-state index in [0.717, 1.165) is 5.56 Å². The monoisotopic (exact) mass is 436 g/mol. The molecule has 1 spiro atoms. The van der Waals surface area contributed by atoms with Gasteiger partial charge in [0.25, 0.3) is 5.91 Å². The number of carbonyl (C=O) groups excluding carboxylic acids is 2. The quantitative estimate of drug-likeness (QED) is 0.802. The molecule has 2 amide bonds. The molecule has 9 heteroatoms. The normalized spacial score (nSPS) is 23.3. The lowest BCUT2D eigenvalue weighted by Gasteiger charge is -2.34. The molecule has 140 valence electrons. The molecule has 1 aromatic carbocycles. The van der Waals surface area contributed by atoms with Crippen LogP contribution in [-0.2, 0) is 10.2 Å². The molecule has 6 nitrogen and oxygen atoms in total. The van der Waals surface area contributed by atoms with Gasteiger partial charge in [0.05, 0.1) is 9.89 Å². The molecule has 0 radical (unpaired) electrons. The van der Waals surface area contributed by atoms with Crippen LogP contribution in [0, 0.1) is 12.7 Å². The Bertz CT molecular complexity index is 953. The molecular formula is C18H15BrF2N4O2. The molecule has 2 heterocycles. The van der Waals surface area contributed by atoms with Gasteiger partial charge in [0.1, 0.15) is 18.5 Å². The molecule has 0 bridgehead atoms. The number of aromatic nitrogens is 2. The van der Waals surface area contributed by atoms with Crippen molar-refractivity contribution in [3.8, 4) is 0 Å². The highest BCUT2D eigenvalue weighted by Gasteiger charge is 2.62. The highest BCUT2D eigenvalue weighted by atomic mass is 79.9. The van der Waals surface area contributed by atoms with E-state index in [1.807, 2.05) is 6.92 Å². The largest absolute Gasteiger partial charge is 0.328 e. The minimum atomic E-state index is -1.25. The van der Waals surface area contributed by atoms with Gasteiger partial charge in [-0.05, 0) is 47.0 Å². The highest BCUT2D eigenvalue weighted by molar-refractivity contribution is 9.10. The van der Waals surface area contributed by atoms with Crippen LogP contribution in [-0.4, -0.2) is 45.9 Å². The number of rotatable bonds is 3. The summed E-state index contributed by atoms with van der Waals surface area (Å²) >= 11 is 3.09. The van der Waals surface area contributed by atoms with Crippen LogP contribution in [0.25, 0.3) is 0 Å². The fourth-order valence-corrected chi connectivity index (χ4v) is 3.81. The van der Waals surface area contributed by atoms with E-state index in [1.54, 1.807) is 12.4 Å². The lowest BCUT2D eigenvalue weighted by atomic mass is 9.85. The summed E-state index contributed by atoms with van der Waals surface area (Å²) in [6.45, 7) is 1.48. The number of aryl methyl sites for hydroxylation is 1. The molecule has 1 aromatic heterocycles. The number of hydrogen-bond acceptors (Lipinski definition) is 4. The van der Waals surface area contributed by atoms with Gasteiger partial charge in [0, 0.05) is 30.1 Å². The minimum Gasteiger partial charge on any atom is -0.328 e. The molecule has 1 N–H and O–H groups in total. The molecule has 1 unspecified atom stereocenters. The Labute approximate surface area is 162 Å². The Kier molecular flexibility index (Phi) is 4.21. The second-order valence-electron chi connectivity index (χ2n) is 6.91. The Morgan fingerprint density at radius 1 is 1.41 bits per heavy atom. The Hall–Kier alpha value is -2.42. The van der Waals surface area contributed by atoms with E-state index >= 15 is 0 Å². The number of benzene rings is 1. The lowest BCUT2D eigenvalue weighted by Crippen LogP contribution is -2.48. The van der Waals surface area contributed by atoms with Crippen molar-refractivity contribution in [1.29, 1.82) is 0 Å². The topological polar surface area (TPSA) is 75.2 Å². The number of amides is 2. The van der Waals surface area contributed by atoms with Crippen LogP contribution in [0.2, 0.25) is 0 Å². The van der Waals surface area contributed by atoms with E-state index in [0.29, 0.717) is 0 Å². The second-order valence-corrected chi connectivity index (χ2v) is 7.76. The number of halogens is 3. The van der Waals surface area contributed by atoms with Crippen LogP contribution in [0.15, 0.2) is 29.0 Å². The molecule has 1 fully saturated rings. The molecule has 2 aromatic rings. The van der Waals surface area contributed by atoms with Crippen LogP contribution in [0.3, 0.4) is 0 Å². The second kappa shape index (κ2) is 6.33. The third-order valence-corrected chi connectivity index (χ3v) is 5.55. The van der Waals surface area contributed by atoms with Crippen molar-refractivity contribution < 1.29 is 18.4 Å². The van der Waals surface area contributed by atoms with Crippen molar-refractivity contribution in [2.45, 2.75) is 24.9 Å². The number of carbonyl (C=O) groups is 2. The van der Waals surface area contributed by atoms with Gasteiger partial charge in [0.15, 0.2) is 0 Å². The summed E-state index contributed by atoms with van der Waals surface area (Å²) in [7, 11) is 0. The maximum absolute atomic E-state index is 14.6. The average molecular weight is 437 g/mol. The van der Waals surface area contributed by atoms with Gasteiger partial charge in [-0.25, -0.2) is 18.7 Å². The molecule has 4 rings (SSSR count). The summed E-state index contributed by atoms with van der Waals surface area (Å²) in [5.74, 6) is -1.49. The maximum Gasteiger partial charge on any atom is 0.254 e. The smallest absolute Gasteiger partial charge is 0.254 e. The van der Waals surface area contributed by atoms with Crippen molar-refractivity contribution in [2.24, 2.45) is 0 Å². The van der Waals surface area contributed by atoms with Crippen LogP contribution in [0.1, 0.15) is 27.9 Å². The first kappa shape index (κ1) is 18.0. The average Bonchev–Trinajstić information content (AvgIpc) is 3.26. The summed E-state index contributed by atoms with van der Waals surface area (Å²) in [4.78, 5) is 34.2. The number of anilines is 1. The molecule has 0 saturated heterocycles. The predicted octanol–water partition coefficient (Wildman–Crippen LogP) is 2.76. The van der Waals surface area contributed by atoms with E-state index in [1.165, 1.54) is 17.0 Å². The summed E-state index contributed by atoms with van der Waals surface area (Å²) in [6, 6.07) is 2.88. The van der Waals surface area contributed by atoms with E-state index in [2.05, 4.69) is 31.2 Å². The van der Waals surface area contributed by atoms with E-state index in [9.17, 15) is 18.4 Å². The third-order valence-electron chi connectivity index (χ3n) is 4.93. The molecule has 1 aliphatic carbocycles. The summed E-state index contributed by atoms with van der Waals surface area (Å²) in [6.07, 6.45) is 1.98. The van der Waals surface area contributed by atoms with Crippen molar-refractivity contribution in [3.63, 3.8) is 0 Å². The Balaban J connectivity index is 1.58. The van der Waals surface area contributed by atoms with Crippen LogP contribution < -0.4 is 5.32 Å².